The van der Waals surface area contributed by atoms with Crippen LogP contribution in [0.15, 0.2) is 42.6 Å². The summed E-state index contributed by atoms with van der Waals surface area (Å²) < 4.78 is 0. The number of amides is 1. The highest BCUT2D eigenvalue weighted by atomic mass is 16.6. The van der Waals surface area contributed by atoms with E-state index in [4.69, 9.17) is 5.73 Å². The van der Waals surface area contributed by atoms with Crippen molar-refractivity contribution in [3.8, 4) is 0 Å². The van der Waals surface area contributed by atoms with Gasteiger partial charge < -0.3 is 11.1 Å². The molecular weight excluding hydrogens is 260 g/mol. The molecule has 7 nitrogen and oxygen atoms in total. The number of pyridine rings is 1. The first-order valence-electron chi connectivity index (χ1n) is 5.80. The Bertz CT molecular complexity index is 643. The van der Waals surface area contributed by atoms with Gasteiger partial charge in [-0.1, -0.05) is 6.07 Å². The van der Waals surface area contributed by atoms with E-state index < -0.39 is 4.92 Å². The standard InChI is InChI=1S/C13H12N4O3/c14-11-7-10(17(19)20)5-4-9(11)8-16-13(18)12-3-1-2-6-15-12/h1-7H,8,14H2,(H,16,18). The lowest BCUT2D eigenvalue weighted by Crippen LogP contribution is -2.24. The number of hydrogen-bond donors (Lipinski definition) is 2. The Kier molecular flexibility index (Phi) is 3.90. The van der Waals surface area contributed by atoms with Crippen molar-refractivity contribution in [1.82, 2.24) is 10.3 Å². The molecule has 0 spiro atoms. The lowest BCUT2D eigenvalue weighted by Gasteiger charge is -2.07. The fourth-order valence-electron chi connectivity index (χ4n) is 1.62. The molecular formula is C13H12N4O3. The van der Waals surface area contributed by atoms with Crippen molar-refractivity contribution in [2.24, 2.45) is 0 Å². The lowest BCUT2D eigenvalue weighted by molar-refractivity contribution is -0.384. The van der Waals surface area contributed by atoms with Crippen molar-refractivity contribution in [2.75, 3.05) is 5.73 Å². The average molecular weight is 272 g/mol. The topological polar surface area (TPSA) is 111 Å². The number of hydrogen-bond acceptors (Lipinski definition) is 5. The van der Waals surface area contributed by atoms with Crippen molar-refractivity contribution in [3.05, 3.63) is 64.0 Å². The molecule has 102 valence electrons. The molecule has 7 heteroatoms. The fourth-order valence-corrected chi connectivity index (χ4v) is 1.62. The summed E-state index contributed by atoms with van der Waals surface area (Å²) in [6.45, 7) is 0.180. The van der Waals surface area contributed by atoms with Crippen LogP contribution in [0.4, 0.5) is 11.4 Å². The molecule has 1 aromatic heterocycles. The number of nitro groups is 1. The van der Waals surface area contributed by atoms with Crippen LogP contribution in [0, 0.1) is 10.1 Å². The number of nitrogens with zero attached hydrogens (tertiary/aromatic N) is 2. The molecule has 1 heterocycles. The summed E-state index contributed by atoms with van der Waals surface area (Å²) in [5.74, 6) is -0.330. The molecule has 2 rings (SSSR count). The van der Waals surface area contributed by atoms with Gasteiger partial charge in [0, 0.05) is 30.6 Å². The predicted octanol–water partition coefficient (Wildman–Crippen LogP) is 1.50. The van der Waals surface area contributed by atoms with E-state index in [1.807, 2.05) is 0 Å². The summed E-state index contributed by atoms with van der Waals surface area (Å²) in [6.07, 6.45) is 1.52. The Morgan fingerprint density at radius 1 is 1.35 bits per heavy atom. The molecule has 20 heavy (non-hydrogen) atoms. The van der Waals surface area contributed by atoms with Gasteiger partial charge in [-0.05, 0) is 23.8 Å². The summed E-state index contributed by atoms with van der Waals surface area (Å²) in [4.78, 5) is 25.8. The van der Waals surface area contributed by atoms with Gasteiger partial charge in [-0.25, -0.2) is 0 Å². The van der Waals surface area contributed by atoms with E-state index in [9.17, 15) is 14.9 Å². The zero-order valence-electron chi connectivity index (χ0n) is 10.4. The van der Waals surface area contributed by atoms with Crippen LogP contribution in [0.5, 0.6) is 0 Å². The van der Waals surface area contributed by atoms with Gasteiger partial charge in [-0.15, -0.1) is 0 Å². The summed E-state index contributed by atoms with van der Waals surface area (Å²) in [5, 5.41) is 13.2. The second-order valence-corrected chi connectivity index (χ2v) is 4.04. The Hall–Kier alpha value is -2.96. The van der Waals surface area contributed by atoms with E-state index >= 15 is 0 Å². The number of nitrogens with two attached hydrogens (primary N) is 1. The number of carbonyl (C=O) groups excluding carboxylic acids is 1. The van der Waals surface area contributed by atoms with Crippen LogP contribution in [-0.4, -0.2) is 15.8 Å². The molecule has 0 aliphatic rings. The van der Waals surface area contributed by atoms with Crippen LogP contribution in [0.25, 0.3) is 0 Å². The van der Waals surface area contributed by atoms with Gasteiger partial charge in [0.2, 0.25) is 0 Å². The third kappa shape index (κ3) is 3.08. The van der Waals surface area contributed by atoms with Crippen molar-refractivity contribution in [2.45, 2.75) is 6.54 Å². The Balaban J connectivity index is 2.04. The van der Waals surface area contributed by atoms with E-state index in [2.05, 4.69) is 10.3 Å². The molecule has 2 aromatic rings. The van der Waals surface area contributed by atoms with E-state index in [-0.39, 0.29) is 23.8 Å². The van der Waals surface area contributed by atoms with Crippen LogP contribution in [0.1, 0.15) is 16.1 Å². The maximum atomic E-state index is 11.8. The van der Waals surface area contributed by atoms with E-state index in [1.165, 1.54) is 24.4 Å². The van der Waals surface area contributed by atoms with Crippen LogP contribution >= 0.6 is 0 Å². The van der Waals surface area contributed by atoms with Crippen LogP contribution in [-0.2, 0) is 6.54 Å². The van der Waals surface area contributed by atoms with Crippen LogP contribution in [0.3, 0.4) is 0 Å². The minimum absolute atomic E-state index is 0.0812. The van der Waals surface area contributed by atoms with E-state index in [0.717, 1.165) is 0 Å². The van der Waals surface area contributed by atoms with Crippen LogP contribution in [0.2, 0.25) is 0 Å². The van der Waals surface area contributed by atoms with Gasteiger partial charge in [0.1, 0.15) is 5.69 Å². The van der Waals surface area contributed by atoms with Crippen LogP contribution < -0.4 is 11.1 Å². The van der Waals surface area contributed by atoms with Gasteiger partial charge in [-0.3, -0.25) is 19.9 Å². The molecule has 0 aliphatic heterocycles. The smallest absolute Gasteiger partial charge is 0.271 e. The van der Waals surface area contributed by atoms with Gasteiger partial charge in [-0.2, -0.15) is 0 Å². The Morgan fingerprint density at radius 3 is 2.75 bits per heavy atom. The summed E-state index contributed by atoms with van der Waals surface area (Å²) >= 11 is 0. The van der Waals surface area contributed by atoms with Crippen molar-refractivity contribution >= 4 is 17.3 Å². The number of nitro benzene ring substituents is 1. The average Bonchev–Trinajstić information content (AvgIpc) is 2.46. The van der Waals surface area contributed by atoms with E-state index in [0.29, 0.717) is 11.3 Å². The number of nitrogen functional groups attached to an aromatic ring is 1. The third-order valence-corrected chi connectivity index (χ3v) is 2.68. The summed E-state index contributed by atoms with van der Waals surface area (Å²) in [6, 6.07) is 9.15. The monoisotopic (exact) mass is 272 g/mol. The molecule has 1 amide bonds. The number of aromatic nitrogens is 1. The zero-order chi connectivity index (χ0) is 14.5. The number of non-ortho nitro benzene ring substituents is 1. The highest BCUT2D eigenvalue weighted by Crippen LogP contribution is 2.19. The van der Waals surface area contributed by atoms with Gasteiger partial charge in [0.25, 0.3) is 11.6 Å². The zero-order valence-corrected chi connectivity index (χ0v) is 10.4. The Morgan fingerprint density at radius 2 is 2.15 bits per heavy atom. The number of benzene rings is 1. The first-order chi connectivity index (χ1) is 9.58. The molecule has 0 unspecified atom stereocenters. The van der Waals surface area contributed by atoms with Gasteiger partial charge >= 0.3 is 0 Å². The quantitative estimate of drug-likeness (QED) is 0.497. The molecule has 0 saturated heterocycles. The summed E-state index contributed by atoms with van der Waals surface area (Å²) in [5.41, 5.74) is 6.81. The third-order valence-electron chi connectivity index (χ3n) is 2.68. The minimum atomic E-state index is -0.521. The van der Waals surface area contributed by atoms with Crippen molar-refractivity contribution < 1.29 is 9.72 Å². The molecule has 1 aromatic carbocycles. The first-order valence-corrected chi connectivity index (χ1v) is 5.80. The second-order valence-electron chi connectivity index (χ2n) is 4.04. The highest BCUT2D eigenvalue weighted by molar-refractivity contribution is 5.92. The largest absolute Gasteiger partial charge is 0.398 e. The number of rotatable bonds is 4. The molecule has 0 fully saturated rings. The van der Waals surface area contributed by atoms with Gasteiger partial charge in [0.05, 0.1) is 4.92 Å². The summed E-state index contributed by atoms with van der Waals surface area (Å²) in [7, 11) is 0. The molecule has 3 N–H and O–H groups in total. The fraction of sp³-hybridized carbons (Fsp3) is 0.0769. The predicted molar refractivity (Wildman–Crippen MR) is 72.9 cm³/mol. The molecule has 0 radical (unpaired) electrons. The van der Waals surface area contributed by atoms with Gasteiger partial charge in [0.15, 0.2) is 0 Å². The number of nitrogens with one attached hydrogen (secondary N) is 1. The molecule has 0 aliphatic carbocycles. The van der Waals surface area contributed by atoms with Crippen molar-refractivity contribution in [1.29, 1.82) is 0 Å². The minimum Gasteiger partial charge on any atom is -0.398 e. The maximum absolute atomic E-state index is 11.8. The van der Waals surface area contributed by atoms with Crippen molar-refractivity contribution in [3.63, 3.8) is 0 Å². The maximum Gasteiger partial charge on any atom is 0.271 e. The molecule has 0 saturated carbocycles. The second kappa shape index (κ2) is 5.79. The SMILES string of the molecule is Nc1cc([N+](=O)[O-])ccc1CNC(=O)c1ccccn1. The number of carbonyl (C=O) groups is 1. The highest BCUT2D eigenvalue weighted by Gasteiger charge is 2.10. The Labute approximate surface area is 114 Å². The first kappa shape index (κ1) is 13.5. The molecule has 0 atom stereocenters. The normalized spacial score (nSPS) is 10.0. The number of anilines is 1. The molecule has 0 bridgehead atoms. The lowest BCUT2D eigenvalue weighted by atomic mass is 10.1. The van der Waals surface area contributed by atoms with E-state index in [1.54, 1.807) is 18.2 Å².